The van der Waals surface area contributed by atoms with Gasteiger partial charge in [-0.15, -0.1) is 0 Å². The molecule has 0 amide bonds. The lowest BCUT2D eigenvalue weighted by atomic mass is 10.1. The summed E-state index contributed by atoms with van der Waals surface area (Å²) in [6.45, 7) is -1.35. The average Bonchev–Trinajstić information content (AvgIpc) is 2.87. The average molecular weight is 530 g/mol. The van der Waals surface area contributed by atoms with Crippen molar-refractivity contribution in [3.8, 4) is 17.2 Å². The highest BCUT2D eigenvalue weighted by Crippen LogP contribution is 2.30. The Bertz CT molecular complexity index is 1310. The molecule has 11 heteroatoms. The van der Waals surface area contributed by atoms with E-state index in [-0.39, 0.29) is 29.4 Å². The summed E-state index contributed by atoms with van der Waals surface area (Å²) in [4.78, 5) is 24.4. The maximum atomic E-state index is 12.5. The number of hydrogen-bond donors (Lipinski definition) is 2. The quantitative estimate of drug-likeness (QED) is 0.166. The van der Waals surface area contributed by atoms with Crippen LogP contribution in [0.25, 0.3) is 6.08 Å². The van der Waals surface area contributed by atoms with Gasteiger partial charge < -0.3 is 30.4 Å². The zero-order chi connectivity index (χ0) is 27.7. The van der Waals surface area contributed by atoms with Crippen LogP contribution in [-0.2, 0) is 16.0 Å². The van der Waals surface area contributed by atoms with Crippen LogP contribution in [0.1, 0.15) is 21.5 Å². The predicted molar refractivity (Wildman–Crippen MR) is 135 cm³/mol. The summed E-state index contributed by atoms with van der Waals surface area (Å²) in [5.41, 5.74) is 14.1. The van der Waals surface area contributed by atoms with Crippen LogP contribution < -0.4 is 25.7 Å². The highest BCUT2D eigenvalue weighted by molar-refractivity contribution is 5.92. The number of ether oxygens (including phenoxy) is 4. The topological polar surface area (TPSA) is 123 Å². The van der Waals surface area contributed by atoms with Crippen molar-refractivity contribution in [1.82, 2.24) is 0 Å². The van der Waals surface area contributed by atoms with Gasteiger partial charge >= 0.3 is 18.1 Å². The van der Waals surface area contributed by atoms with Gasteiger partial charge in [-0.3, -0.25) is 0 Å². The van der Waals surface area contributed by atoms with E-state index in [9.17, 15) is 22.8 Å². The maximum Gasteiger partial charge on any atom is 0.422 e. The zero-order valence-electron chi connectivity index (χ0n) is 20.3. The van der Waals surface area contributed by atoms with Gasteiger partial charge in [-0.25, -0.2) is 9.59 Å². The molecule has 0 aliphatic carbocycles. The van der Waals surface area contributed by atoms with E-state index in [1.165, 1.54) is 49.6 Å². The van der Waals surface area contributed by atoms with Crippen LogP contribution >= 0.6 is 0 Å². The molecule has 8 nitrogen and oxygen atoms in total. The molecule has 3 aromatic carbocycles. The van der Waals surface area contributed by atoms with Gasteiger partial charge in [0, 0.05) is 23.9 Å². The van der Waals surface area contributed by atoms with E-state index in [0.29, 0.717) is 23.4 Å². The number of rotatable bonds is 10. The monoisotopic (exact) mass is 530 g/mol. The third kappa shape index (κ3) is 8.47. The van der Waals surface area contributed by atoms with Crippen molar-refractivity contribution in [1.29, 1.82) is 0 Å². The third-order valence-electron chi connectivity index (χ3n) is 5.08. The first-order valence-corrected chi connectivity index (χ1v) is 11.2. The molecule has 0 saturated carbocycles. The fourth-order valence-corrected chi connectivity index (χ4v) is 3.20. The molecule has 0 radical (unpaired) electrons. The second-order valence-corrected chi connectivity index (χ2v) is 7.94. The first kappa shape index (κ1) is 27.9. The lowest BCUT2D eigenvalue weighted by molar-refractivity contribution is -0.153. The highest BCUT2D eigenvalue weighted by Gasteiger charge is 2.29. The molecule has 0 bridgehead atoms. The number of carbonyl (C=O) groups excluding carboxylic acids is 2. The molecule has 0 aliphatic heterocycles. The molecule has 3 rings (SSSR count). The van der Waals surface area contributed by atoms with E-state index in [4.69, 9.17) is 30.4 Å². The van der Waals surface area contributed by atoms with Crippen molar-refractivity contribution >= 4 is 29.4 Å². The molecule has 4 N–H and O–H groups in total. The van der Waals surface area contributed by atoms with Crippen LogP contribution in [0.2, 0.25) is 0 Å². The summed E-state index contributed by atoms with van der Waals surface area (Å²) in [6.07, 6.45) is -1.27. The van der Waals surface area contributed by atoms with Crippen LogP contribution in [0.3, 0.4) is 0 Å². The molecule has 38 heavy (non-hydrogen) atoms. The Hall–Kier alpha value is -4.67. The van der Waals surface area contributed by atoms with Gasteiger partial charge in [0.05, 0.1) is 19.3 Å². The number of alkyl halides is 3. The van der Waals surface area contributed by atoms with Gasteiger partial charge in [0.25, 0.3) is 0 Å². The molecular formula is C27H25F3N2O6. The fraction of sp³-hybridized carbons (Fsp3) is 0.185. The highest BCUT2D eigenvalue weighted by atomic mass is 19.4. The van der Waals surface area contributed by atoms with Crippen molar-refractivity contribution in [3.05, 3.63) is 83.4 Å². The number of nitrogens with two attached hydrogens (primary N) is 2. The molecule has 0 aromatic heterocycles. The minimum Gasteiger partial charge on any atom is -0.493 e. The number of benzene rings is 3. The number of nitrogen functional groups attached to an aromatic ring is 2. The molecule has 0 spiro atoms. The first-order chi connectivity index (χ1) is 18.0. The second-order valence-electron chi connectivity index (χ2n) is 7.94. The molecule has 0 heterocycles. The molecular weight excluding hydrogens is 505 g/mol. The minimum absolute atomic E-state index is 0.0481. The van der Waals surface area contributed by atoms with Gasteiger partial charge in [-0.2, -0.15) is 13.2 Å². The van der Waals surface area contributed by atoms with Crippen LogP contribution in [0.5, 0.6) is 17.2 Å². The molecule has 0 aliphatic rings. The number of esters is 2. The summed E-state index contributed by atoms with van der Waals surface area (Å²) < 4.78 is 57.4. The fourth-order valence-electron chi connectivity index (χ4n) is 3.20. The molecule has 0 unspecified atom stereocenters. The Balaban J connectivity index is 1.51. The molecule has 3 aromatic rings. The second kappa shape index (κ2) is 12.5. The number of anilines is 2. The van der Waals surface area contributed by atoms with Crippen molar-refractivity contribution in [3.63, 3.8) is 0 Å². The number of methoxy groups -OCH3 is 1. The number of hydrogen-bond acceptors (Lipinski definition) is 8. The first-order valence-electron chi connectivity index (χ1n) is 11.2. The summed E-state index contributed by atoms with van der Waals surface area (Å²) in [6, 6.07) is 15.1. The standard InChI is InChI=1S/C27H25F3N2O6/c1-35-24-14-19(6-10-23(24)37-16-27(28,29)30)26(34)38-21-8-2-17(3-9-21)4-11-25(33)36-13-12-18-5-7-20(31)15-22(18)32/h2-11,14-15H,12-13,16,31-32H2,1H3/b11-4+. The normalized spacial score (nSPS) is 11.3. The van der Waals surface area contributed by atoms with Gasteiger partial charge in [0.1, 0.15) is 5.75 Å². The van der Waals surface area contributed by atoms with Crippen LogP contribution in [0.4, 0.5) is 24.5 Å². The number of halogens is 3. The minimum atomic E-state index is -4.52. The largest absolute Gasteiger partial charge is 0.493 e. The van der Waals surface area contributed by atoms with Crippen LogP contribution in [0.15, 0.2) is 66.7 Å². The van der Waals surface area contributed by atoms with Crippen molar-refractivity contribution in [2.24, 2.45) is 0 Å². The maximum absolute atomic E-state index is 12.5. The summed E-state index contributed by atoms with van der Waals surface area (Å²) in [5.74, 6) is -1.28. The Labute approximate surface area is 216 Å². The molecule has 0 fully saturated rings. The molecule has 200 valence electrons. The molecule has 0 saturated heterocycles. The van der Waals surface area contributed by atoms with Crippen molar-refractivity contribution < 1.29 is 41.7 Å². The van der Waals surface area contributed by atoms with E-state index in [0.717, 1.165) is 5.56 Å². The van der Waals surface area contributed by atoms with Gasteiger partial charge in [0.2, 0.25) is 0 Å². The lowest BCUT2D eigenvalue weighted by Crippen LogP contribution is -2.19. The summed E-state index contributed by atoms with van der Waals surface area (Å²) in [7, 11) is 1.24. The lowest BCUT2D eigenvalue weighted by Gasteiger charge is -2.13. The number of carbonyl (C=O) groups is 2. The Morgan fingerprint density at radius 3 is 2.34 bits per heavy atom. The van der Waals surface area contributed by atoms with E-state index in [1.54, 1.807) is 30.3 Å². The van der Waals surface area contributed by atoms with Crippen LogP contribution in [-0.4, -0.2) is 38.4 Å². The van der Waals surface area contributed by atoms with Gasteiger partial charge in [0.15, 0.2) is 18.1 Å². The van der Waals surface area contributed by atoms with Gasteiger partial charge in [-0.05, 0) is 59.7 Å². The Morgan fingerprint density at radius 1 is 0.947 bits per heavy atom. The molecule has 0 atom stereocenters. The van der Waals surface area contributed by atoms with E-state index >= 15 is 0 Å². The van der Waals surface area contributed by atoms with Gasteiger partial charge in [-0.1, -0.05) is 18.2 Å². The summed E-state index contributed by atoms with van der Waals surface area (Å²) in [5, 5.41) is 0. The van der Waals surface area contributed by atoms with E-state index in [2.05, 4.69) is 0 Å². The van der Waals surface area contributed by atoms with E-state index in [1.807, 2.05) is 0 Å². The smallest absolute Gasteiger partial charge is 0.422 e. The van der Waals surface area contributed by atoms with Crippen molar-refractivity contribution in [2.75, 3.05) is 31.8 Å². The SMILES string of the molecule is COc1cc(C(=O)Oc2ccc(/C=C/C(=O)OCCc3ccc(N)cc3N)cc2)ccc1OCC(F)(F)F. The Morgan fingerprint density at radius 2 is 1.68 bits per heavy atom. The zero-order valence-corrected chi connectivity index (χ0v) is 20.3. The predicted octanol–water partition coefficient (Wildman–Crippen LogP) is 4.82. The van der Waals surface area contributed by atoms with Crippen molar-refractivity contribution in [2.45, 2.75) is 12.6 Å². The van der Waals surface area contributed by atoms with E-state index < -0.39 is 24.7 Å². The van der Waals surface area contributed by atoms with Crippen LogP contribution in [0, 0.1) is 0 Å². The third-order valence-corrected chi connectivity index (χ3v) is 5.08. The Kier molecular flexibility index (Phi) is 9.20. The summed E-state index contributed by atoms with van der Waals surface area (Å²) >= 11 is 0.